The van der Waals surface area contributed by atoms with Crippen LogP contribution in [0, 0.1) is 5.82 Å². The number of alkyl halides is 1. The van der Waals surface area contributed by atoms with E-state index in [4.69, 9.17) is 16.3 Å². The Hall–Kier alpha value is -1.06. The van der Waals surface area contributed by atoms with Gasteiger partial charge in [-0.05, 0) is 42.3 Å². The van der Waals surface area contributed by atoms with Gasteiger partial charge in [-0.3, -0.25) is 0 Å². The van der Waals surface area contributed by atoms with Crippen LogP contribution in [-0.2, 0) is 6.42 Å². The number of hydrogen-bond donors (Lipinski definition) is 0. The van der Waals surface area contributed by atoms with Crippen LogP contribution >= 0.6 is 27.5 Å². The fourth-order valence-electron chi connectivity index (χ4n) is 2.79. The molecule has 0 radical (unpaired) electrons. The van der Waals surface area contributed by atoms with Crippen LogP contribution in [0.5, 0.6) is 5.75 Å². The van der Waals surface area contributed by atoms with Crippen molar-refractivity contribution in [3.8, 4) is 5.75 Å². The molecule has 0 bridgehead atoms. The Labute approximate surface area is 137 Å². The molecule has 1 nitrogen and oxygen atoms in total. The van der Waals surface area contributed by atoms with E-state index in [-0.39, 0.29) is 17.8 Å². The number of rotatable bonds is 4. The van der Waals surface area contributed by atoms with Gasteiger partial charge in [0.15, 0.2) is 0 Å². The van der Waals surface area contributed by atoms with Crippen LogP contribution in [0.3, 0.4) is 0 Å². The first-order chi connectivity index (χ1) is 10.2. The van der Waals surface area contributed by atoms with Gasteiger partial charge in [0.1, 0.15) is 17.7 Å². The van der Waals surface area contributed by atoms with E-state index >= 15 is 0 Å². The molecule has 0 fully saturated rings. The normalized spacial score (nSPS) is 18.1. The quantitative estimate of drug-likeness (QED) is 0.664. The predicted octanol–water partition coefficient (Wildman–Crippen LogP) is 5.30. The van der Waals surface area contributed by atoms with Gasteiger partial charge in [-0.15, -0.1) is 11.6 Å². The maximum absolute atomic E-state index is 13.2. The Morgan fingerprint density at radius 3 is 2.90 bits per heavy atom. The first-order valence-electron chi connectivity index (χ1n) is 6.92. The summed E-state index contributed by atoms with van der Waals surface area (Å²) in [5, 5.41) is 0. The minimum absolute atomic E-state index is 0.0598. The highest BCUT2D eigenvalue weighted by Gasteiger charge is 2.26. The highest BCUT2D eigenvalue weighted by Crippen LogP contribution is 2.34. The van der Waals surface area contributed by atoms with Gasteiger partial charge in [-0.1, -0.05) is 28.1 Å². The van der Waals surface area contributed by atoms with Crippen molar-refractivity contribution in [1.82, 2.24) is 0 Å². The van der Waals surface area contributed by atoms with E-state index in [2.05, 4.69) is 28.1 Å². The highest BCUT2D eigenvalue weighted by molar-refractivity contribution is 9.10. The summed E-state index contributed by atoms with van der Waals surface area (Å²) < 4.78 is 20.2. The third kappa shape index (κ3) is 3.41. The van der Waals surface area contributed by atoms with E-state index in [1.165, 1.54) is 11.6 Å². The molecule has 4 heteroatoms. The number of benzene rings is 2. The SMILES string of the molecule is Fc1ccc2c(c1)CC(CC(CCl)c1cccc(Br)c1)O2. The van der Waals surface area contributed by atoms with Crippen LogP contribution in [0.2, 0.25) is 0 Å². The van der Waals surface area contributed by atoms with Gasteiger partial charge in [-0.25, -0.2) is 4.39 Å². The van der Waals surface area contributed by atoms with Crippen LogP contribution in [0.15, 0.2) is 46.9 Å². The first-order valence-corrected chi connectivity index (χ1v) is 8.25. The van der Waals surface area contributed by atoms with Crippen LogP contribution in [0.25, 0.3) is 0 Å². The van der Waals surface area contributed by atoms with E-state index in [1.807, 2.05) is 12.1 Å². The van der Waals surface area contributed by atoms with E-state index < -0.39 is 0 Å². The fourth-order valence-corrected chi connectivity index (χ4v) is 3.51. The maximum Gasteiger partial charge on any atom is 0.123 e. The smallest absolute Gasteiger partial charge is 0.123 e. The van der Waals surface area contributed by atoms with Crippen molar-refractivity contribution in [2.75, 3.05) is 5.88 Å². The van der Waals surface area contributed by atoms with Crippen LogP contribution in [0.1, 0.15) is 23.5 Å². The van der Waals surface area contributed by atoms with Gasteiger partial charge in [0, 0.05) is 28.3 Å². The lowest BCUT2D eigenvalue weighted by molar-refractivity contribution is 0.213. The molecular weight excluding hydrogens is 355 g/mol. The molecule has 0 amide bonds. The third-order valence-electron chi connectivity index (χ3n) is 3.82. The zero-order chi connectivity index (χ0) is 14.8. The predicted molar refractivity (Wildman–Crippen MR) is 86.7 cm³/mol. The standard InChI is InChI=1S/C17H15BrClFO/c18-14-3-1-2-11(6-14)13(10-19)9-16-8-12-7-15(20)4-5-17(12)21-16/h1-7,13,16H,8-10H2. The summed E-state index contributed by atoms with van der Waals surface area (Å²) in [6.45, 7) is 0. The molecule has 1 heterocycles. The third-order valence-corrected chi connectivity index (χ3v) is 4.68. The summed E-state index contributed by atoms with van der Waals surface area (Å²) >= 11 is 9.63. The highest BCUT2D eigenvalue weighted by atomic mass is 79.9. The summed E-state index contributed by atoms with van der Waals surface area (Å²) in [5.41, 5.74) is 2.15. The minimum Gasteiger partial charge on any atom is -0.490 e. The van der Waals surface area contributed by atoms with E-state index in [1.54, 1.807) is 12.1 Å². The molecule has 2 aromatic rings. The Morgan fingerprint density at radius 1 is 1.29 bits per heavy atom. The van der Waals surface area contributed by atoms with E-state index in [0.29, 0.717) is 5.88 Å². The Morgan fingerprint density at radius 2 is 2.14 bits per heavy atom. The Kier molecular flexibility index (Phi) is 4.51. The molecule has 0 aliphatic carbocycles. The average Bonchev–Trinajstić information content (AvgIpc) is 2.86. The summed E-state index contributed by atoms with van der Waals surface area (Å²) in [5.74, 6) is 1.36. The number of hydrogen-bond acceptors (Lipinski definition) is 1. The lowest BCUT2D eigenvalue weighted by atomic mass is 9.93. The van der Waals surface area contributed by atoms with Crippen molar-refractivity contribution >= 4 is 27.5 Å². The van der Waals surface area contributed by atoms with Gasteiger partial charge in [-0.2, -0.15) is 0 Å². The van der Waals surface area contributed by atoms with Crippen molar-refractivity contribution in [3.05, 3.63) is 63.9 Å². The second kappa shape index (κ2) is 6.37. The molecule has 21 heavy (non-hydrogen) atoms. The molecule has 0 spiro atoms. The molecule has 0 saturated carbocycles. The van der Waals surface area contributed by atoms with E-state index in [0.717, 1.165) is 28.6 Å². The van der Waals surface area contributed by atoms with Crippen molar-refractivity contribution < 1.29 is 9.13 Å². The molecule has 0 aromatic heterocycles. The zero-order valence-electron chi connectivity index (χ0n) is 11.4. The largest absolute Gasteiger partial charge is 0.490 e. The minimum atomic E-state index is -0.209. The summed E-state index contributed by atoms with van der Waals surface area (Å²) in [6, 6.07) is 12.9. The van der Waals surface area contributed by atoms with Gasteiger partial charge in [0.2, 0.25) is 0 Å². The lowest BCUT2D eigenvalue weighted by Crippen LogP contribution is -2.18. The van der Waals surface area contributed by atoms with Crippen LogP contribution < -0.4 is 4.74 Å². The molecule has 2 unspecified atom stereocenters. The molecular formula is C17H15BrClFO. The molecule has 3 rings (SSSR count). The molecule has 1 aliphatic rings. The second-order valence-corrected chi connectivity index (χ2v) is 6.56. The molecule has 110 valence electrons. The van der Waals surface area contributed by atoms with Gasteiger partial charge in [0.25, 0.3) is 0 Å². The van der Waals surface area contributed by atoms with Crippen molar-refractivity contribution in [3.63, 3.8) is 0 Å². The monoisotopic (exact) mass is 368 g/mol. The Bertz CT molecular complexity index is 646. The van der Waals surface area contributed by atoms with Crippen molar-refractivity contribution in [2.45, 2.75) is 24.9 Å². The Balaban J connectivity index is 1.72. The van der Waals surface area contributed by atoms with Gasteiger partial charge < -0.3 is 4.74 Å². The number of halogens is 3. The summed E-state index contributed by atoms with van der Waals surface area (Å²) in [7, 11) is 0. The van der Waals surface area contributed by atoms with E-state index in [9.17, 15) is 4.39 Å². The topological polar surface area (TPSA) is 9.23 Å². The summed E-state index contributed by atoms with van der Waals surface area (Å²) in [4.78, 5) is 0. The molecule has 2 aromatic carbocycles. The van der Waals surface area contributed by atoms with Crippen molar-refractivity contribution in [1.29, 1.82) is 0 Å². The lowest BCUT2D eigenvalue weighted by Gasteiger charge is -2.19. The zero-order valence-corrected chi connectivity index (χ0v) is 13.7. The number of fused-ring (bicyclic) bond motifs is 1. The molecule has 0 saturated heterocycles. The van der Waals surface area contributed by atoms with Crippen molar-refractivity contribution in [2.24, 2.45) is 0 Å². The van der Waals surface area contributed by atoms with Gasteiger partial charge >= 0.3 is 0 Å². The van der Waals surface area contributed by atoms with Crippen LogP contribution in [0.4, 0.5) is 4.39 Å². The molecule has 2 atom stereocenters. The maximum atomic E-state index is 13.2. The summed E-state index contributed by atoms with van der Waals surface area (Å²) in [6.07, 6.45) is 1.63. The first kappa shape index (κ1) is 14.9. The fraction of sp³-hybridized carbons (Fsp3) is 0.294. The second-order valence-electron chi connectivity index (χ2n) is 5.34. The molecule has 1 aliphatic heterocycles. The number of ether oxygens (including phenoxy) is 1. The van der Waals surface area contributed by atoms with Crippen LogP contribution in [-0.4, -0.2) is 12.0 Å². The van der Waals surface area contributed by atoms with Gasteiger partial charge in [0.05, 0.1) is 0 Å². The molecule has 0 N–H and O–H groups in total. The average molecular weight is 370 g/mol.